The molecule has 0 aliphatic carbocycles. The summed E-state index contributed by atoms with van der Waals surface area (Å²) >= 11 is 4.65. The third-order valence-corrected chi connectivity index (χ3v) is 2.84. The van der Waals surface area contributed by atoms with Crippen LogP contribution in [0.4, 0.5) is 5.69 Å². The SMILES string of the molecule is NC(=S)NN=Cc1ccc(N2CCCC2)cc1. The average Bonchev–Trinajstić information content (AvgIpc) is 2.83. The van der Waals surface area contributed by atoms with Gasteiger partial charge in [0.25, 0.3) is 0 Å². The number of anilines is 1. The molecule has 0 aromatic heterocycles. The van der Waals surface area contributed by atoms with Crippen LogP contribution in [-0.2, 0) is 0 Å². The molecule has 0 unspecified atom stereocenters. The van der Waals surface area contributed by atoms with Gasteiger partial charge in [-0.05, 0) is 42.8 Å². The molecule has 0 radical (unpaired) electrons. The summed E-state index contributed by atoms with van der Waals surface area (Å²) in [6.07, 6.45) is 4.29. The Hall–Kier alpha value is -1.62. The topological polar surface area (TPSA) is 53.6 Å². The molecule has 3 N–H and O–H groups in total. The molecule has 0 saturated carbocycles. The number of nitrogens with two attached hydrogens (primary N) is 1. The van der Waals surface area contributed by atoms with E-state index in [-0.39, 0.29) is 5.11 Å². The standard InChI is InChI=1S/C12H16N4S/c13-12(17)15-14-9-10-3-5-11(6-4-10)16-7-1-2-8-16/h3-6,9H,1-2,7-8H2,(H3,13,15,17). The lowest BCUT2D eigenvalue weighted by Gasteiger charge is -2.17. The first-order chi connectivity index (χ1) is 8.25. The molecule has 5 heteroatoms. The van der Waals surface area contributed by atoms with Crippen LogP contribution in [0.3, 0.4) is 0 Å². The van der Waals surface area contributed by atoms with E-state index in [1.165, 1.54) is 18.5 Å². The van der Waals surface area contributed by atoms with Crippen LogP contribution in [0.1, 0.15) is 18.4 Å². The highest BCUT2D eigenvalue weighted by atomic mass is 32.1. The Morgan fingerprint density at radius 2 is 1.94 bits per heavy atom. The molecule has 90 valence electrons. The van der Waals surface area contributed by atoms with E-state index < -0.39 is 0 Å². The summed E-state index contributed by atoms with van der Waals surface area (Å²) < 4.78 is 0. The van der Waals surface area contributed by atoms with Gasteiger partial charge in [-0.1, -0.05) is 12.1 Å². The van der Waals surface area contributed by atoms with Crippen LogP contribution < -0.4 is 16.1 Å². The Kier molecular flexibility index (Phi) is 3.93. The Balaban J connectivity index is 1.97. The van der Waals surface area contributed by atoms with Crippen LogP contribution in [0, 0.1) is 0 Å². The van der Waals surface area contributed by atoms with Crippen molar-refractivity contribution in [1.29, 1.82) is 0 Å². The minimum atomic E-state index is 0.176. The summed E-state index contributed by atoms with van der Waals surface area (Å²) in [5, 5.41) is 4.09. The van der Waals surface area contributed by atoms with Crippen molar-refractivity contribution < 1.29 is 0 Å². The van der Waals surface area contributed by atoms with Crippen molar-refractivity contribution in [1.82, 2.24) is 5.43 Å². The van der Waals surface area contributed by atoms with Gasteiger partial charge in [-0.15, -0.1) is 0 Å². The monoisotopic (exact) mass is 248 g/mol. The molecule has 2 rings (SSSR count). The molecular formula is C12H16N4S. The fraction of sp³-hybridized carbons (Fsp3) is 0.333. The highest BCUT2D eigenvalue weighted by molar-refractivity contribution is 7.80. The van der Waals surface area contributed by atoms with Gasteiger partial charge in [0.2, 0.25) is 0 Å². The van der Waals surface area contributed by atoms with Gasteiger partial charge in [-0.3, -0.25) is 5.43 Å². The first-order valence-corrected chi connectivity index (χ1v) is 6.10. The molecule has 0 bridgehead atoms. The molecule has 1 aliphatic heterocycles. The number of thiocarbonyl (C=S) groups is 1. The van der Waals surface area contributed by atoms with Crippen molar-refractivity contribution in [3.8, 4) is 0 Å². The molecule has 0 amide bonds. The number of hydrogen-bond donors (Lipinski definition) is 2. The Labute approximate surface area is 106 Å². The van der Waals surface area contributed by atoms with E-state index in [9.17, 15) is 0 Å². The van der Waals surface area contributed by atoms with Crippen LogP contribution in [-0.4, -0.2) is 24.4 Å². The fourth-order valence-corrected chi connectivity index (χ4v) is 1.97. The molecule has 1 aromatic rings. The number of hydrazone groups is 1. The summed E-state index contributed by atoms with van der Waals surface area (Å²) in [4.78, 5) is 2.40. The molecule has 1 aromatic carbocycles. The Morgan fingerprint density at radius 1 is 1.29 bits per heavy atom. The second-order valence-corrected chi connectivity index (χ2v) is 4.46. The second kappa shape index (κ2) is 5.63. The normalized spacial score (nSPS) is 15.4. The van der Waals surface area contributed by atoms with Gasteiger partial charge in [0.05, 0.1) is 6.21 Å². The van der Waals surface area contributed by atoms with Crippen LogP contribution in [0.15, 0.2) is 29.4 Å². The predicted molar refractivity (Wildman–Crippen MR) is 75.4 cm³/mol. The third kappa shape index (κ3) is 3.42. The van der Waals surface area contributed by atoms with Crippen molar-refractivity contribution in [3.05, 3.63) is 29.8 Å². The van der Waals surface area contributed by atoms with E-state index >= 15 is 0 Å². The fourth-order valence-electron chi connectivity index (χ4n) is 1.92. The molecule has 0 spiro atoms. The predicted octanol–water partition coefficient (Wildman–Crippen LogP) is 1.45. The quantitative estimate of drug-likeness (QED) is 0.483. The van der Waals surface area contributed by atoms with Crippen molar-refractivity contribution in [3.63, 3.8) is 0 Å². The molecule has 1 aliphatic rings. The van der Waals surface area contributed by atoms with E-state index in [0.29, 0.717) is 0 Å². The summed E-state index contributed by atoms with van der Waals surface area (Å²) in [5.74, 6) is 0. The molecule has 1 heterocycles. The highest BCUT2D eigenvalue weighted by Crippen LogP contribution is 2.19. The van der Waals surface area contributed by atoms with Gasteiger partial charge in [-0.2, -0.15) is 5.10 Å². The first kappa shape index (κ1) is 11.9. The second-order valence-electron chi connectivity index (χ2n) is 4.02. The van der Waals surface area contributed by atoms with Crippen molar-refractivity contribution in [2.24, 2.45) is 10.8 Å². The molecule has 1 fully saturated rings. The van der Waals surface area contributed by atoms with E-state index in [2.05, 4.69) is 39.8 Å². The zero-order chi connectivity index (χ0) is 12.1. The number of nitrogens with one attached hydrogen (secondary N) is 1. The molecule has 1 saturated heterocycles. The van der Waals surface area contributed by atoms with Gasteiger partial charge < -0.3 is 10.6 Å². The van der Waals surface area contributed by atoms with Crippen LogP contribution in [0.5, 0.6) is 0 Å². The Bertz CT molecular complexity index is 407. The molecule has 0 atom stereocenters. The van der Waals surface area contributed by atoms with Crippen LogP contribution >= 0.6 is 12.2 Å². The van der Waals surface area contributed by atoms with Gasteiger partial charge in [0.15, 0.2) is 5.11 Å². The number of benzene rings is 1. The minimum absolute atomic E-state index is 0.176. The van der Waals surface area contributed by atoms with Gasteiger partial charge in [-0.25, -0.2) is 0 Å². The zero-order valence-corrected chi connectivity index (χ0v) is 10.4. The van der Waals surface area contributed by atoms with E-state index in [4.69, 9.17) is 5.73 Å². The van der Waals surface area contributed by atoms with Crippen LogP contribution in [0.25, 0.3) is 0 Å². The minimum Gasteiger partial charge on any atom is -0.375 e. The van der Waals surface area contributed by atoms with Crippen LogP contribution in [0.2, 0.25) is 0 Å². The third-order valence-electron chi connectivity index (χ3n) is 2.75. The van der Waals surface area contributed by atoms with Gasteiger partial charge in [0, 0.05) is 18.8 Å². The maximum absolute atomic E-state index is 5.26. The lowest BCUT2D eigenvalue weighted by atomic mass is 10.2. The summed E-state index contributed by atoms with van der Waals surface area (Å²) in [6.45, 7) is 2.33. The van der Waals surface area contributed by atoms with E-state index in [1.54, 1.807) is 6.21 Å². The number of hydrogen-bond acceptors (Lipinski definition) is 3. The van der Waals surface area contributed by atoms with Crippen molar-refractivity contribution in [2.45, 2.75) is 12.8 Å². The Morgan fingerprint density at radius 3 is 2.53 bits per heavy atom. The van der Waals surface area contributed by atoms with Gasteiger partial charge >= 0.3 is 0 Å². The number of nitrogens with zero attached hydrogens (tertiary/aromatic N) is 2. The average molecular weight is 248 g/mol. The highest BCUT2D eigenvalue weighted by Gasteiger charge is 2.11. The largest absolute Gasteiger partial charge is 0.375 e. The molecular weight excluding hydrogens is 232 g/mol. The van der Waals surface area contributed by atoms with E-state index in [0.717, 1.165) is 18.7 Å². The first-order valence-electron chi connectivity index (χ1n) is 5.69. The maximum atomic E-state index is 5.26. The molecule has 17 heavy (non-hydrogen) atoms. The summed E-state index contributed by atoms with van der Waals surface area (Å²) in [6, 6.07) is 8.32. The lowest BCUT2D eigenvalue weighted by molar-refractivity contribution is 0.949. The van der Waals surface area contributed by atoms with E-state index in [1.807, 2.05) is 12.1 Å². The van der Waals surface area contributed by atoms with Gasteiger partial charge in [0.1, 0.15) is 0 Å². The molecule has 4 nitrogen and oxygen atoms in total. The summed E-state index contributed by atoms with van der Waals surface area (Å²) in [5.41, 5.74) is 10.1. The van der Waals surface area contributed by atoms with Crippen molar-refractivity contribution >= 4 is 29.2 Å². The number of rotatable bonds is 3. The zero-order valence-electron chi connectivity index (χ0n) is 9.60. The summed E-state index contributed by atoms with van der Waals surface area (Å²) in [7, 11) is 0. The lowest BCUT2D eigenvalue weighted by Crippen LogP contribution is -2.24. The maximum Gasteiger partial charge on any atom is 0.184 e. The van der Waals surface area contributed by atoms with Crippen molar-refractivity contribution in [2.75, 3.05) is 18.0 Å². The smallest absolute Gasteiger partial charge is 0.184 e.